The van der Waals surface area contributed by atoms with E-state index in [1.807, 2.05) is 17.2 Å². The third kappa shape index (κ3) is 3.91. The maximum atomic E-state index is 12.9. The highest BCUT2D eigenvalue weighted by atomic mass is 79.9. The molecule has 1 aliphatic rings. The van der Waals surface area contributed by atoms with Crippen molar-refractivity contribution in [3.63, 3.8) is 0 Å². The van der Waals surface area contributed by atoms with Crippen LogP contribution in [0, 0.1) is 11.8 Å². The highest BCUT2D eigenvalue weighted by Gasteiger charge is 2.25. The highest BCUT2D eigenvalue weighted by molar-refractivity contribution is 9.10. The number of amides is 1. The molecule has 21 heavy (non-hydrogen) atoms. The third-order valence-corrected chi connectivity index (χ3v) is 5.03. The molecule has 0 N–H and O–H groups in total. The number of hydrogen-bond donors (Lipinski definition) is 0. The Labute approximate surface area is 136 Å². The van der Waals surface area contributed by atoms with Crippen molar-refractivity contribution in [1.29, 1.82) is 0 Å². The lowest BCUT2D eigenvalue weighted by molar-refractivity contribution is 0.0746. The molecule has 0 aromatic carbocycles. The molecule has 1 fully saturated rings. The molecule has 0 bridgehead atoms. The fourth-order valence-corrected chi connectivity index (χ4v) is 3.64. The number of halogens is 1. The van der Waals surface area contributed by atoms with Crippen LogP contribution in [0.25, 0.3) is 0 Å². The van der Waals surface area contributed by atoms with E-state index in [1.54, 1.807) is 0 Å². The first-order valence-electron chi connectivity index (χ1n) is 8.06. The van der Waals surface area contributed by atoms with Crippen LogP contribution in [0.2, 0.25) is 0 Å². The van der Waals surface area contributed by atoms with Gasteiger partial charge in [-0.15, -0.1) is 0 Å². The second kappa shape index (κ2) is 6.99. The number of hydrogen-bond acceptors (Lipinski definition) is 1. The zero-order valence-electron chi connectivity index (χ0n) is 13.6. The van der Waals surface area contributed by atoms with Crippen LogP contribution in [0.1, 0.15) is 63.5 Å². The number of nitrogens with zero attached hydrogens (tertiary/aromatic N) is 2. The molecule has 4 heteroatoms. The summed E-state index contributed by atoms with van der Waals surface area (Å²) in [5, 5.41) is 0. The maximum absolute atomic E-state index is 12.9. The predicted molar refractivity (Wildman–Crippen MR) is 90.6 cm³/mol. The monoisotopic (exact) mass is 354 g/mol. The van der Waals surface area contributed by atoms with E-state index in [0.29, 0.717) is 12.0 Å². The molecule has 1 aromatic rings. The number of aromatic nitrogens is 1. The van der Waals surface area contributed by atoms with E-state index in [1.165, 1.54) is 6.42 Å². The van der Waals surface area contributed by atoms with E-state index in [0.717, 1.165) is 42.0 Å². The van der Waals surface area contributed by atoms with E-state index in [4.69, 9.17) is 0 Å². The molecule has 0 spiro atoms. The number of carbonyl (C=O) groups excluding carboxylic acids is 1. The first kappa shape index (κ1) is 16.6. The molecule has 118 valence electrons. The van der Waals surface area contributed by atoms with Crippen molar-refractivity contribution in [2.24, 2.45) is 11.8 Å². The van der Waals surface area contributed by atoms with Gasteiger partial charge < -0.3 is 9.47 Å². The summed E-state index contributed by atoms with van der Waals surface area (Å²) in [7, 11) is 0. The second-order valence-corrected chi connectivity index (χ2v) is 7.69. The molecule has 1 aromatic heterocycles. The summed E-state index contributed by atoms with van der Waals surface area (Å²) in [6, 6.07) is 2.25. The van der Waals surface area contributed by atoms with Crippen molar-refractivity contribution in [3.8, 4) is 0 Å². The van der Waals surface area contributed by atoms with Gasteiger partial charge in [0.2, 0.25) is 0 Å². The van der Waals surface area contributed by atoms with Crippen molar-refractivity contribution >= 4 is 21.8 Å². The van der Waals surface area contributed by atoms with Crippen molar-refractivity contribution in [2.75, 3.05) is 13.1 Å². The Kier molecular flexibility index (Phi) is 5.53. The van der Waals surface area contributed by atoms with E-state index >= 15 is 0 Å². The van der Waals surface area contributed by atoms with Gasteiger partial charge in [0.05, 0.1) is 0 Å². The van der Waals surface area contributed by atoms with Crippen LogP contribution in [-0.4, -0.2) is 28.5 Å². The van der Waals surface area contributed by atoms with Gasteiger partial charge in [-0.05, 0) is 66.9 Å². The first-order chi connectivity index (χ1) is 9.90. The van der Waals surface area contributed by atoms with Gasteiger partial charge in [0.1, 0.15) is 5.69 Å². The van der Waals surface area contributed by atoms with E-state index < -0.39 is 0 Å². The normalized spacial score (nSPS) is 20.1. The summed E-state index contributed by atoms with van der Waals surface area (Å²) in [4.78, 5) is 14.9. The van der Waals surface area contributed by atoms with Gasteiger partial charge in [-0.3, -0.25) is 4.79 Å². The summed E-state index contributed by atoms with van der Waals surface area (Å²) in [5.74, 6) is 1.65. The molecule has 1 unspecified atom stereocenters. The van der Waals surface area contributed by atoms with E-state index in [9.17, 15) is 4.79 Å². The lowest BCUT2D eigenvalue weighted by atomic mass is 9.89. The first-order valence-corrected chi connectivity index (χ1v) is 8.86. The lowest BCUT2D eigenvalue weighted by Crippen LogP contribution is -2.33. The van der Waals surface area contributed by atoms with Crippen LogP contribution in [0.4, 0.5) is 0 Å². The van der Waals surface area contributed by atoms with Gasteiger partial charge in [0.15, 0.2) is 0 Å². The van der Waals surface area contributed by atoms with Crippen LogP contribution in [-0.2, 0) is 0 Å². The fourth-order valence-electron chi connectivity index (χ4n) is 3.20. The number of carbonyl (C=O) groups is 1. The maximum Gasteiger partial charge on any atom is 0.270 e. The Bertz CT molecular complexity index is 493. The lowest BCUT2D eigenvalue weighted by Gasteiger charge is -2.23. The molecule has 1 amide bonds. The molecule has 1 aliphatic heterocycles. The molecule has 1 saturated heterocycles. The van der Waals surface area contributed by atoms with Gasteiger partial charge in [-0.1, -0.05) is 13.8 Å². The minimum Gasteiger partial charge on any atom is -0.340 e. The number of likely N-dealkylation sites (tertiary alicyclic amines) is 1. The Morgan fingerprint density at radius 2 is 1.95 bits per heavy atom. The van der Waals surface area contributed by atoms with Crippen molar-refractivity contribution in [3.05, 3.63) is 22.4 Å². The third-order valence-electron chi connectivity index (χ3n) is 4.59. The summed E-state index contributed by atoms with van der Waals surface area (Å²) in [5.41, 5.74) is 0.805. The average molecular weight is 355 g/mol. The van der Waals surface area contributed by atoms with Gasteiger partial charge in [-0.25, -0.2) is 0 Å². The molecular formula is C17H27BrN2O. The van der Waals surface area contributed by atoms with Gasteiger partial charge in [0, 0.05) is 29.8 Å². The largest absolute Gasteiger partial charge is 0.340 e. The minimum atomic E-state index is 0.179. The van der Waals surface area contributed by atoms with Crippen LogP contribution in [0.3, 0.4) is 0 Å². The Balaban J connectivity index is 2.13. The summed E-state index contributed by atoms with van der Waals surface area (Å²) >= 11 is 3.50. The topological polar surface area (TPSA) is 25.2 Å². The van der Waals surface area contributed by atoms with Crippen LogP contribution in [0.15, 0.2) is 16.7 Å². The van der Waals surface area contributed by atoms with Crippen LogP contribution >= 0.6 is 15.9 Å². The van der Waals surface area contributed by atoms with Crippen molar-refractivity contribution in [1.82, 2.24) is 9.47 Å². The molecule has 1 atom stereocenters. The average Bonchev–Trinajstić information content (AvgIpc) is 2.66. The van der Waals surface area contributed by atoms with Crippen molar-refractivity contribution in [2.45, 2.75) is 53.0 Å². The zero-order valence-corrected chi connectivity index (χ0v) is 15.2. The van der Waals surface area contributed by atoms with Crippen molar-refractivity contribution < 1.29 is 4.79 Å². The molecule has 2 rings (SSSR count). The van der Waals surface area contributed by atoms with E-state index in [-0.39, 0.29) is 5.91 Å². The summed E-state index contributed by atoms with van der Waals surface area (Å²) < 4.78 is 3.05. The number of rotatable bonds is 3. The van der Waals surface area contributed by atoms with Crippen LogP contribution in [0.5, 0.6) is 0 Å². The van der Waals surface area contributed by atoms with Gasteiger partial charge >= 0.3 is 0 Å². The Morgan fingerprint density at radius 1 is 1.24 bits per heavy atom. The quantitative estimate of drug-likeness (QED) is 0.770. The highest BCUT2D eigenvalue weighted by Crippen LogP contribution is 2.26. The molecular weight excluding hydrogens is 328 g/mol. The zero-order chi connectivity index (χ0) is 15.6. The minimum absolute atomic E-state index is 0.179. The molecule has 0 aliphatic carbocycles. The molecule has 3 nitrogen and oxygen atoms in total. The second-order valence-electron chi connectivity index (χ2n) is 6.77. The summed E-state index contributed by atoms with van der Waals surface area (Å²) in [6.45, 7) is 10.6. The molecule has 0 radical (unpaired) electrons. The standard InChI is InChI=1S/C17H27BrN2O/c1-12(2)14-6-5-8-19(9-7-14)17(21)16-10-15(18)11-20(16)13(3)4/h10-14H,5-9H2,1-4H3. The molecule has 0 saturated carbocycles. The van der Waals surface area contributed by atoms with E-state index in [2.05, 4.69) is 48.2 Å². The Hall–Kier alpha value is -0.770. The fraction of sp³-hybridized carbons (Fsp3) is 0.706. The van der Waals surface area contributed by atoms with Crippen LogP contribution < -0.4 is 0 Å². The SMILES string of the molecule is CC(C)C1CCCN(C(=O)c2cc(Br)cn2C(C)C)CC1. The van der Waals surface area contributed by atoms with Gasteiger partial charge in [-0.2, -0.15) is 0 Å². The smallest absolute Gasteiger partial charge is 0.270 e. The van der Waals surface area contributed by atoms with Gasteiger partial charge in [0.25, 0.3) is 5.91 Å². The Morgan fingerprint density at radius 3 is 2.57 bits per heavy atom. The predicted octanol–water partition coefficient (Wildman–Crippen LogP) is 4.73. The molecule has 2 heterocycles. The summed E-state index contributed by atoms with van der Waals surface area (Å²) in [6.07, 6.45) is 5.51.